The van der Waals surface area contributed by atoms with Crippen molar-refractivity contribution in [3.05, 3.63) is 89.7 Å². The third-order valence-electron chi connectivity index (χ3n) is 6.65. The fourth-order valence-electron chi connectivity index (χ4n) is 4.60. The van der Waals surface area contributed by atoms with Crippen LogP contribution in [0.15, 0.2) is 78.0 Å². The van der Waals surface area contributed by atoms with E-state index in [9.17, 15) is 22.8 Å². The summed E-state index contributed by atoms with van der Waals surface area (Å²) in [5.74, 6) is -0.0283. The minimum Gasteiger partial charge on any atom is -0.406 e. The van der Waals surface area contributed by atoms with Crippen LogP contribution < -0.4 is 9.64 Å². The molecule has 8 nitrogen and oxygen atoms in total. The zero-order chi connectivity index (χ0) is 30.6. The van der Waals surface area contributed by atoms with Crippen LogP contribution in [0, 0.1) is 6.92 Å². The van der Waals surface area contributed by atoms with E-state index in [1.165, 1.54) is 47.0 Å². The van der Waals surface area contributed by atoms with E-state index in [4.69, 9.17) is 0 Å². The van der Waals surface area contributed by atoms with E-state index in [-0.39, 0.29) is 29.7 Å². The van der Waals surface area contributed by atoms with Crippen LogP contribution in [-0.2, 0) is 22.4 Å². The molecule has 1 fully saturated rings. The summed E-state index contributed by atoms with van der Waals surface area (Å²) in [7, 11) is 0. The van der Waals surface area contributed by atoms with E-state index in [2.05, 4.69) is 26.7 Å². The van der Waals surface area contributed by atoms with Crippen LogP contribution in [0.2, 0.25) is 0 Å². The maximum absolute atomic E-state index is 12.8. The molecule has 43 heavy (non-hydrogen) atoms. The first kappa shape index (κ1) is 30.0. The van der Waals surface area contributed by atoms with Crippen LogP contribution in [0.5, 0.6) is 5.75 Å². The van der Waals surface area contributed by atoms with Gasteiger partial charge in [-0.15, -0.1) is 18.3 Å². The zero-order valence-electron chi connectivity index (χ0n) is 23.5. The largest absolute Gasteiger partial charge is 0.573 e. The number of rotatable bonds is 9. The normalized spacial score (nSPS) is 14.5. The van der Waals surface area contributed by atoms with Crippen LogP contribution >= 0.6 is 11.8 Å². The summed E-state index contributed by atoms with van der Waals surface area (Å²) in [5, 5.41) is 4.83. The molecule has 0 bridgehead atoms. The van der Waals surface area contributed by atoms with Crippen molar-refractivity contribution in [2.75, 3.05) is 10.7 Å². The Morgan fingerprint density at radius 3 is 2.49 bits per heavy atom. The van der Waals surface area contributed by atoms with Gasteiger partial charge < -0.3 is 4.74 Å². The SMILES string of the molecule is CCCc1ccc(C)cc1N1C(=O)CSC1=NC(=O)CCc1ccc(-c2ncn(-c3ccc(OC(F)(F)F)cc3)n2)cc1. The number of aliphatic imine (C=N–C) groups is 1. The van der Waals surface area contributed by atoms with E-state index >= 15 is 0 Å². The molecule has 0 spiro atoms. The predicted octanol–water partition coefficient (Wildman–Crippen LogP) is 6.69. The van der Waals surface area contributed by atoms with Crippen LogP contribution in [0.25, 0.3) is 17.1 Å². The predicted molar refractivity (Wildman–Crippen MR) is 159 cm³/mol. The summed E-state index contributed by atoms with van der Waals surface area (Å²) in [6, 6.07) is 18.8. The Bertz CT molecular complexity index is 1650. The minimum atomic E-state index is -4.76. The first-order chi connectivity index (χ1) is 20.6. The van der Waals surface area contributed by atoms with Gasteiger partial charge >= 0.3 is 6.36 Å². The fourth-order valence-corrected chi connectivity index (χ4v) is 5.48. The third kappa shape index (κ3) is 7.50. The lowest BCUT2D eigenvalue weighted by Crippen LogP contribution is -2.31. The number of amides is 2. The molecule has 3 aromatic carbocycles. The molecule has 1 saturated heterocycles. The minimum absolute atomic E-state index is 0.0846. The van der Waals surface area contributed by atoms with Gasteiger partial charge in [-0.25, -0.2) is 9.67 Å². The molecule has 1 aromatic heterocycles. The van der Waals surface area contributed by atoms with Crippen LogP contribution in [-0.4, -0.2) is 43.9 Å². The topological polar surface area (TPSA) is 89.7 Å². The van der Waals surface area contributed by atoms with E-state index in [0.717, 1.165) is 40.8 Å². The summed E-state index contributed by atoms with van der Waals surface area (Å²) in [4.78, 5) is 35.8. The highest BCUT2D eigenvalue weighted by Gasteiger charge is 2.32. The molecule has 0 N–H and O–H groups in total. The Balaban J connectivity index is 1.21. The maximum atomic E-state index is 12.8. The number of benzene rings is 3. The Labute approximate surface area is 250 Å². The molecule has 0 unspecified atom stereocenters. The van der Waals surface area contributed by atoms with Crippen molar-refractivity contribution in [1.82, 2.24) is 14.8 Å². The highest BCUT2D eigenvalue weighted by molar-refractivity contribution is 8.15. The number of alkyl halides is 3. The van der Waals surface area contributed by atoms with E-state index in [1.807, 2.05) is 49.4 Å². The van der Waals surface area contributed by atoms with E-state index in [0.29, 0.717) is 23.1 Å². The Morgan fingerprint density at radius 1 is 1.05 bits per heavy atom. The number of aryl methyl sites for hydroxylation is 3. The van der Waals surface area contributed by atoms with Gasteiger partial charge in [0.05, 0.1) is 17.1 Å². The molecule has 2 heterocycles. The maximum Gasteiger partial charge on any atom is 0.573 e. The lowest BCUT2D eigenvalue weighted by Gasteiger charge is -2.20. The number of halogens is 3. The standard InChI is InChI=1S/C31H28F3N5O3S/c1-3-4-22-9-5-20(2)17-26(22)39-28(41)18-43-30(39)36-27(40)16-8-21-6-10-23(11-7-21)29-35-19-38(37-29)24-12-14-25(15-13-24)42-31(32,33)34/h5-7,9-15,17,19H,3-4,8,16,18H2,1-2H3. The van der Waals surface area contributed by atoms with Gasteiger partial charge in [-0.1, -0.05) is 61.5 Å². The van der Waals surface area contributed by atoms with E-state index in [1.54, 1.807) is 4.90 Å². The monoisotopic (exact) mass is 607 g/mol. The molecule has 1 aliphatic heterocycles. The number of hydrogen-bond acceptors (Lipinski definition) is 6. The van der Waals surface area contributed by atoms with Crippen LogP contribution in [0.4, 0.5) is 18.9 Å². The van der Waals surface area contributed by atoms with Gasteiger partial charge in [0.15, 0.2) is 11.0 Å². The number of nitrogens with zero attached hydrogens (tertiary/aromatic N) is 5. The molecular weight excluding hydrogens is 579 g/mol. The van der Waals surface area contributed by atoms with Crippen LogP contribution in [0.1, 0.15) is 36.5 Å². The number of ether oxygens (including phenoxy) is 1. The van der Waals surface area contributed by atoms with Gasteiger partial charge in [0.2, 0.25) is 11.8 Å². The van der Waals surface area contributed by atoms with Gasteiger partial charge in [-0.05, 0) is 66.8 Å². The molecule has 5 rings (SSSR count). The Morgan fingerprint density at radius 2 is 1.79 bits per heavy atom. The average molecular weight is 608 g/mol. The highest BCUT2D eigenvalue weighted by Crippen LogP contribution is 2.31. The van der Waals surface area contributed by atoms with Crippen molar-refractivity contribution < 1.29 is 27.5 Å². The quantitative estimate of drug-likeness (QED) is 0.211. The fraction of sp³-hybridized carbons (Fsp3) is 0.258. The van der Waals surface area contributed by atoms with Crippen molar-refractivity contribution in [3.8, 4) is 22.8 Å². The second kappa shape index (κ2) is 12.8. The Kier molecular flexibility index (Phi) is 8.95. The lowest BCUT2D eigenvalue weighted by molar-refractivity contribution is -0.274. The third-order valence-corrected chi connectivity index (χ3v) is 7.58. The summed E-state index contributed by atoms with van der Waals surface area (Å²) in [6.07, 6.45) is -0.879. The van der Waals surface area contributed by atoms with Crippen LogP contribution in [0.3, 0.4) is 0 Å². The first-order valence-electron chi connectivity index (χ1n) is 13.6. The van der Waals surface area contributed by atoms with Crippen molar-refractivity contribution >= 4 is 34.4 Å². The number of carbonyl (C=O) groups excluding carboxylic acids is 2. The summed E-state index contributed by atoms with van der Waals surface area (Å²) in [6.45, 7) is 4.06. The second-order valence-electron chi connectivity index (χ2n) is 9.94. The summed E-state index contributed by atoms with van der Waals surface area (Å²) >= 11 is 1.28. The molecule has 1 aliphatic rings. The summed E-state index contributed by atoms with van der Waals surface area (Å²) in [5.41, 5.74) is 5.06. The zero-order valence-corrected chi connectivity index (χ0v) is 24.3. The molecule has 222 valence electrons. The number of hydrogen-bond donors (Lipinski definition) is 0. The Hall–Kier alpha value is -4.45. The number of carbonyl (C=O) groups is 2. The van der Waals surface area contributed by atoms with Crippen molar-refractivity contribution in [2.45, 2.75) is 45.9 Å². The van der Waals surface area contributed by atoms with Gasteiger partial charge in [0.1, 0.15) is 12.1 Å². The number of amidine groups is 1. The van der Waals surface area contributed by atoms with Crippen molar-refractivity contribution in [2.24, 2.45) is 4.99 Å². The average Bonchev–Trinajstić information content (AvgIpc) is 3.60. The van der Waals surface area contributed by atoms with Gasteiger partial charge in [0, 0.05) is 12.0 Å². The molecule has 4 aromatic rings. The number of aromatic nitrogens is 3. The molecule has 12 heteroatoms. The van der Waals surface area contributed by atoms with Gasteiger partial charge in [-0.2, -0.15) is 4.99 Å². The number of thioether (sulfide) groups is 1. The second-order valence-corrected chi connectivity index (χ2v) is 10.9. The highest BCUT2D eigenvalue weighted by atomic mass is 32.2. The van der Waals surface area contributed by atoms with Gasteiger partial charge in [0.25, 0.3) is 0 Å². The van der Waals surface area contributed by atoms with E-state index < -0.39 is 6.36 Å². The van der Waals surface area contributed by atoms with Crippen molar-refractivity contribution in [3.63, 3.8) is 0 Å². The lowest BCUT2D eigenvalue weighted by atomic mass is 10.0. The van der Waals surface area contributed by atoms with Gasteiger partial charge in [-0.3, -0.25) is 14.5 Å². The molecule has 0 radical (unpaired) electrons. The molecule has 0 atom stereocenters. The van der Waals surface area contributed by atoms with Crippen molar-refractivity contribution in [1.29, 1.82) is 0 Å². The first-order valence-corrected chi connectivity index (χ1v) is 14.6. The number of anilines is 1. The summed E-state index contributed by atoms with van der Waals surface area (Å²) < 4.78 is 42.5. The smallest absolute Gasteiger partial charge is 0.406 e. The molecule has 0 saturated carbocycles. The molecule has 2 amide bonds. The molecular formula is C31H28F3N5O3S. The molecule has 0 aliphatic carbocycles.